The van der Waals surface area contributed by atoms with Gasteiger partial charge in [-0.05, 0) is 13.8 Å². The number of rotatable bonds is 5. The molecular formula is C10H24N4O. The third-order valence-electron chi connectivity index (χ3n) is 2.72. The molecule has 0 aliphatic carbocycles. The van der Waals surface area contributed by atoms with Crippen LogP contribution in [-0.4, -0.2) is 66.6 Å². The maximum Gasteiger partial charge on any atom is 0.112 e. The quantitative estimate of drug-likeness (QED) is 0.506. The summed E-state index contributed by atoms with van der Waals surface area (Å²) in [7, 11) is 0. The first-order valence-electron chi connectivity index (χ1n) is 5.72. The van der Waals surface area contributed by atoms with Gasteiger partial charge in [-0.25, -0.2) is 0 Å². The van der Waals surface area contributed by atoms with Gasteiger partial charge in [-0.2, -0.15) is 0 Å². The summed E-state index contributed by atoms with van der Waals surface area (Å²) < 4.78 is 0. The van der Waals surface area contributed by atoms with Crippen LogP contribution in [-0.2, 0) is 0 Å². The van der Waals surface area contributed by atoms with Gasteiger partial charge in [-0.3, -0.25) is 15.1 Å². The van der Waals surface area contributed by atoms with Gasteiger partial charge in [-0.1, -0.05) is 0 Å². The Bertz CT molecular complexity index is 169. The van der Waals surface area contributed by atoms with Gasteiger partial charge in [0.2, 0.25) is 0 Å². The number of nitrogens with two attached hydrogens (primary N) is 1. The third-order valence-corrected chi connectivity index (χ3v) is 2.72. The van der Waals surface area contributed by atoms with Crippen molar-refractivity contribution in [2.75, 3.05) is 39.3 Å². The Kier molecular flexibility index (Phi) is 5.49. The van der Waals surface area contributed by atoms with Crippen LogP contribution in [0.1, 0.15) is 13.8 Å². The topological polar surface area (TPSA) is 64.8 Å². The Morgan fingerprint density at radius 2 is 1.87 bits per heavy atom. The predicted molar refractivity (Wildman–Crippen MR) is 61.3 cm³/mol. The van der Waals surface area contributed by atoms with Crippen molar-refractivity contribution in [1.82, 2.24) is 15.1 Å². The molecule has 0 bridgehead atoms. The molecule has 1 heterocycles. The molecule has 0 saturated carbocycles. The fourth-order valence-corrected chi connectivity index (χ4v) is 1.85. The molecule has 0 aromatic rings. The maximum absolute atomic E-state index is 8.82. The Morgan fingerprint density at radius 1 is 1.27 bits per heavy atom. The standard InChI is InChI=1S/C10H24N4O/c1-9(2)12-10(11)14-5-3-13(4-6-14)7-8-15/h9-10,12,15H,3-8,11H2,1-2H3. The molecule has 1 unspecified atom stereocenters. The van der Waals surface area contributed by atoms with Gasteiger partial charge in [0.25, 0.3) is 0 Å². The maximum atomic E-state index is 8.82. The first kappa shape index (κ1) is 12.9. The SMILES string of the molecule is CC(C)NC(N)N1CCN(CCO)CC1. The molecule has 1 aliphatic rings. The van der Waals surface area contributed by atoms with Crippen molar-refractivity contribution in [2.45, 2.75) is 26.2 Å². The number of nitrogens with zero attached hydrogens (tertiary/aromatic N) is 2. The largest absolute Gasteiger partial charge is 0.395 e. The number of hydrogen-bond acceptors (Lipinski definition) is 5. The summed E-state index contributed by atoms with van der Waals surface area (Å²) in [6.45, 7) is 9.16. The Labute approximate surface area is 92.2 Å². The van der Waals surface area contributed by atoms with Crippen LogP contribution in [0, 0.1) is 0 Å². The molecule has 1 rings (SSSR count). The molecule has 1 saturated heterocycles. The van der Waals surface area contributed by atoms with Crippen molar-refractivity contribution in [2.24, 2.45) is 5.73 Å². The fraction of sp³-hybridized carbons (Fsp3) is 1.00. The van der Waals surface area contributed by atoms with Crippen molar-refractivity contribution in [3.05, 3.63) is 0 Å². The number of hydrogen-bond donors (Lipinski definition) is 3. The van der Waals surface area contributed by atoms with Gasteiger partial charge >= 0.3 is 0 Å². The summed E-state index contributed by atoms with van der Waals surface area (Å²) in [6, 6.07) is 0.412. The van der Waals surface area contributed by atoms with Crippen LogP contribution in [0.25, 0.3) is 0 Å². The van der Waals surface area contributed by atoms with Gasteiger partial charge in [0.1, 0.15) is 6.29 Å². The number of nitrogens with one attached hydrogen (secondary N) is 1. The zero-order valence-electron chi connectivity index (χ0n) is 9.82. The molecule has 5 heteroatoms. The zero-order chi connectivity index (χ0) is 11.3. The first-order chi connectivity index (χ1) is 7.13. The van der Waals surface area contributed by atoms with Gasteiger partial charge < -0.3 is 10.8 Å². The predicted octanol–water partition coefficient (Wildman–Crippen LogP) is -1.16. The lowest BCUT2D eigenvalue weighted by atomic mass is 10.3. The van der Waals surface area contributed by atoms with E-state index in [-0.39, 0.29) is 12.9 Å². The molecule has 0 aromatic carbocycles. The number of aliphatic hydroxyl groups excluding tert-OH is 1. The van der Waals surface area contributed by atoms with Crippen LogP contribution in [0.2, 0.25) is 0 Å². The lowest BCUT2D eigenvalue weighted by molar-refractivity contribution is 0.0704. The number of β-amino-alcohol motifs (C(OH)–C–C–N with tert-alkyl or cyclic N) is 1. The van der Waals surface area contributed by atoms with Crippen molar-refractivity contribution in [1.29, 1.82) is 0 Å². The average Bonchev–Trinajstić information content (AvgIpc) is 2.18. The Balaban J connectivity index is 2.24. The number of aliphatic hydroxyl groups is 1. The van der Waals surface area contributed by atoms with E-state index in [9.17, 15) is 0 Å². The molecule has 1 fully saturated rings. The molecular weight excluding hydrogens is 192 g/mol. The highest BCUT2D eigenvalue weighted by Gasteiger charge is 2.20. The lowest BCUT2D eigenvalue weighted by Gasteiger charge is -2.38. The molecule has 0 spiro atoms. The zero-order valence-corrected chi connectivity index (χ0v) is 9.82. The molecule has 4 N–H and O–H groups in total. The monoisotopic (exact) mass is 216 g/mol. The number of piperazine rings is 1. The van der Waals surface area contributed by atoms with Crippen molar-refractivity contribution in [3.63, 3.8) is 0 Å². The average molecular weight is 216 g/mol. The second-order valence-electron chi connectivity index (χ2n) is 4.37. The normalized spacial score (nSPS) is 22.2. The molecule has 15 heavy (non-hydrogen) atoms. The second-order valence-corrected chi connectivity index (χ2v) is 4.37. The first-order valence-corrected chi connectivity index (χ1v) is 5.72. The minimum absolute atomic E-state index is 0.0405. The molecule has 90 valence electrons. The van der Waals surface area contributed by atoms with Crippen molar-refractivity contribution in [3.8, 4) is 0 Å². The van der Waals surface area contributed by atoms with E-state index in [4.69, 9.17) is 10.8 Å². The van der Waals surface area contributed by atoms with Gasteiger partial charge in [0, 0.05) is 38.8 Å². The van der Waals surface area contributed by atoms with E-state index in [1.807, 2.05) is 0 Å². The van der Waals surface area contributed by atoms with Crippen LogP contribution in [0.4, 0.5) is 0 Å². The lowest BCUT2D eigenvalue weighted by Crippen LogP contribution is -2.60. The van der Waals surface area contributed by atoms with E-state index < -0.39 is 0 Å². The van der Waals surface area contributed by atoms with Crippen LogP contribution in [0.3, 0.4) is 0 Å². The van der Waals surface area contributed by atoms with E-state index >= 15 is 0 Å². The minimum Gasteiger partial charge on any atom is -0.395 e. The Morgan fingerprint density at radius 3 is 2.33 bits per heavy atom. The van der Waals surface area contributed by atoms with E-state index in [2.05, 4.69) is 29.0 Å². The highest BCUT2D eigenvalue weighted by molar-refractivity contribution is 4.75. The molecule has 1 aliphatic heterocycles. The highest BCUT2D eigenvalue weighted by atomic mass is 16.3. The summed E-state index contributed by atoms with van der Waals surface area (Å²) in [4.78, 5) is 4.51. The smallest absolute Gasteiger partial charge is 0.112 e. The summed E-state index contributed by atoms with van der Waals surface area (Å²) in [5.41, 5.74) is 6.02. The van der Waals surface area contributed by atoms with Crippen LogP contribution in [0.15, 0.2) is 0 Å². The van der Waals surface area contributed by atoms with E-state index in [1.54, 1.807) is 0 Å². The molecule has 1 atom stereocenters. The van der Waals surface area contributed by atoms with Crippen LogP contribution >= 0.6 is 0 Å². The summed E-state index contributed by atoms with van der Waals surface area (Å²) >= 11 is 0. The summed E-state index contributed by atoms with van der Waals surface area (Å²) in [5, 5.41) is 12.1. The summed E-state index contributed by atoms with van der Waals surface area (Å²) in [6.07, 6.45) is -0.0405. The third kappa shape index (κ3) is 4.44. The van der Waals surface area contributed by atoms with E-state index in [1.165, 1.54) is 0 Å². The van der Waals surface area contributed by atoms with Crippen LogP contribution in [0.5, 0.6) is 0 Å². The molecule has 0 amide bonds. The van der Waals surface area contributed by atoms with Gasteiger partial charge in [0.15, 0.2) is 0 Å². The van der Waals surface area contributed by atoms with E-state index in [0.29, 0.717) is 6.04 Å². The highest BCUT2D eigenvalue weighted by Crippen LogP contribution is 2.02. The van der Waals surface area contributed by atoms with Gasteiger partial charge in [-0.15, -0.1) is 0 Å². The minimum atomic E-state index is -0.0405. The van der Waals surface area contributed by atoms with Gasteiger partial charge in [0.05, 0.1) is 6.61 Å². The van der Waals surface area contributed by atoms with Crippen molar-refractivity contribution >= 4 is 0 Å². The molecule has 5 nitrogen and oxygen atoms in total. The molecule has 0 aromatic heterocycles. The van der Waals surface area contributed by atoms with Crippen LogP contribution < -0.4 is 11.1 Å². The molecule has 0 radical (unpaired) electrons. The fourth-order valence-electron chi connectivity index (χ4n) is 1.85. The van der Waals surface area contributed by atoms with Crippen molar-refractivity contribution < 1.29 is 5.11 Å². The Hall–Kier alpha value is -0.200. The summed E-state index contributed by atoms with van der Waals surface area (Å²) in [5.74, 6) is 0. The van der Waals surface area contributed by atoms with E-state index in [0.717, 1.165) is 32.7 Å². The second kappa shape index (κ2) is 6.40.